The number of nitrogens with one attached hydrogen (secondary N) is 1. The first kappa shape index (κ1) is 62.8. The summed E-state index contributed by atoms with van der Waals surface area (Å²) < 4.78 is 5.91. The van der Waals surface area contributed by atoms with E-state index in [0.29, 0.717) is 19.3 Å². The minimum Gasteiger partial charge on any atom is -0.462 e. The topological polar surface area (TPSA) is 95.9 Å². The van der Waals surface area contributed by atoms with Crippen molar-refractivity contribution in [1.82, 2.24) is 5.32 Å². The molecule has 0 saturated carbocycles. The van der Waals surface area contributed by atoms with E-state index in [4.69, 9.17) is 4.74 Å². The van der Waals surface area contributed by atoms with Crippen molar-refractivity contribution >= 4 is 11.9 Å². The van der Waals surface area contributed by atoms with Gasteiger partial charge in [-0.15, -0.1) is 0 Å². The van der Waals surface area contributed by atoms with E-state index in [-0.39, 0.29) is 24.9 Å². The molecule has 0 radical (unpaired) electrons. The Bertz CT molecular complexity index is 1310. The Morgan fingerprint density at radius 2 is 0.833 bits per heavy atom. The molecule has 1 amide bonds. The predicted molar refractivity (Wildman–Crippen MR) is 287 cm³/mol. The summed E-state index contributed by atoms with van der Waals surface area (Å²) in [5.74, 6) is -0.560. The summed E-state index contributed by atoms with van der Waals surface area (Å²) >= 11 is 0. The van der Waals surface area contributed by atoms with Crippen LogP contribution in [0.3, 0.4) is 0 Å². The number of ether oxygens (including phenoxy) is 1. The van der Waals surface area contributed by atoms with Gasteiger partial charge in [0.25, 0.3) is 0 Å². The second-order valence-electron chi connectivity index (χ2n) is 18.2. The summed E-state index contributed by atoms with van der Waals surface area (Å²) in [5.41, 5.74) is 0. The highest BCUT2D eigenvalue weighted by atomic mass is 16.5. The van der Waals surface area contributed by atoms with Crippen LogP contribution in [0.5, 0.6) is 0 Å². The van der Waals surface area contributed by atoms with Crippen LogP contribution >= 0.6 is 0 Å². The van der Waals surface area contributed by atoms with E-state index in [1.54, 1.807) is 0 Å². The molecule has 0 bridgehead atoms. The quantitative estimate of drug-likeness (QED) is 0.0321. The summed E-state index contributed by atoms with van der Waals surface area (Å²) in [5, 5.41) is 23.8. The number of unbranched alkanes of at least 4 members (excludes halogenated alkanes) is 20. The lowest BCUT2D eigenvalue weighted by Gasteiger charge is -2.24. The Labute approximate surface area is 407 Å². The van der Waals surface area contributed by atoms with Crippen molar-refractivity contribution in [3.8, 4) is 0 Å². The smallest absolute Gasteiger partial charge is 0.306 e. The van der Waals surface area contributed by atoms with E-state index >= 15 is 0 Å². The molecule has 0 rings (SSSR count). The molecule has 0 aliphatic carbocycles. The van der Waals surface area contributed by atoms with Gasteiger partial charge in [0.15, 0.2) is 0 Å². The maximum absolute atomic E-state index is 13.2. The number of carbonyl (C=O) groups excluding carboxylic acids is 2. The summed E-state index contributed by atoms with van der Waals surface area (Å²) in [4.78, 5) is 26.2. The molecule has 0 aromatic rings. The lowest BCUT2D eigenvalue weighted by molar-refractivity contribution is -0.151. The standard InChI is InChI=1S/C60H103NO5/c1-4-7-10-13-16-19-22-25-27-29-31-34-36-39-42-45-48-51-56(66-60(65)53-50-47-44-41-38-35-32-30-28-26-23-20-17-14-11-8-5-2)54-59(64)61-57(55-62)58(63)52-49-46-43-40-37-33-24-21-18-15-12-9-6-3/h7,10,16-17,19-20,25-28,31-32,34-35,39,42,56-58,62-63H,4-6,8-9,11-15,18,21-24,29-30,33,36-38,40-41,43-55H2,1-3H3,(H,61,64)/b10-7-,19-16-,20-17-,27-25-,28-26-,34-31-,35-32-,42-39-. The van der Waals surface area contributed by atoms with Crippen LogP contribution in [0.15, 0.2) is 97.2 Å². The van der Waals surface area contributed by atoms with Gasteiger partial charge in [0.1, 0.15) is 6.10 Å². The number of hydrogen-bond acceptors (Lipinski definition) is 5. The maximum atomic E-state index is 13.2. The van der Waals surface area contributed by atoms with Crippen LogP contribution < -0.4 is 5.32 Å². The van der Waals surface area contributed by atoms with Crippen LogP contribution in [-0.4, -0.2) is 46.9 Å². The van der Waals surface area contributed by atoms with Crippen LogP contribution in [-0.2, 0) is 14.3 Å². The van der Waals surface area contributed by atoms with Crippen LogP contribution in [0.2, 0.25) is 0 Å². The first-order chi connectivity index (χ1) is 32.5. The number of amides is 1. The van der Waals surface area contributed by atoms with Gasteiger partial charge in [-0.05, 0) is 103 Å². The molecule has 0 aliphatic heterocycles. The monoisotopic (exact) mass is 918 g/mol. The number of aliphatic hydroxyl groups is 2. The molecule has 3 unspecified atom stereocenters. The molecule has 0 aromatic carbocycles. The van der Waals surface area contributed by atoms with E-state index < -0.39 is 18.2 Å². The Kier molecular flexibility index (Phi) is 50.2. The highest BCUT2D eigenvalue weighted by Gasteiger charge is 2.24. The summed E-state index contributed by atoms with van der Waals surface area (Å²) in [6.07, 6.45) is 70.4. The van der Waals surface area contributed by atoms with Gasteiger partial charge in [-0.1, -0.05) is 227 Å². The van der Waals surface area contributed by atoms with Gasteiger partial charge in [-0.3, -0.25) is 9.59 Å². The molecule has 3 N–H and O–H groups in total. The Hall–Kier alpha value is -3.22. The third kappa shape index (κ3) is 47.3. The van der Waals surface area contributed by atoms with E-state index in [2.05, 4.69) is 123 Å². The lowest BCUT2D eigenvalue weighted by Crippen LogP contribution is -2.46. The zero-order valence-corrected chi connectivity index (χ0v) is 43.0. The van der Waals surface area contributed by atoms with Crippen molar-refractivity contribution in [2.75, 3.05) is 6.61 Å². The number of rotatable bonds is 48. The van der Waals surface area contributed by atoms with Crippen molar-refractivity contribution < 1.29 is 24.5 Å². The van der Waals surface area contributed by atoms with Gasteiger partial charge in [-0.25, -0.2) is 0 Å². The SMILES string of the molecule is CC/C=C\C/C=C\C/C=C\C/C=C\C/C=C\CCCC(CC(=O)NC(CO)C(O)CCCCCCCCCCCCCCC)OC(=O)CCCCCC/C=C\C/C=C\C/C=C\CCCCC. The molecule has 0 heterocycles. The third-order valence-electron chi connectivity index (χ3n) is 11.9. The summed E-state index contributed by atoms with van der Waals surface area (Å²) in [7, 11) is 0. The fourth-order valence-corrected chi connectivity index (χ4v) is 7.76. The molecule has 0 saturated heterocycles. The van der Waals surface area contributed by atoms with Crippen LogP contribution in [0, 0.1) is 0 Å². The Morgan fingerprint density at radius 1 is 0.455 bits per heavy atom. The van der Waals surface area contributed by atoms with Gasteiger partial charge in [-0.2, -0.15) is 0 Å². The molecular weight excluding hydrogens is 815 g/mol. The van der Waals surface area contributed by atoms with Crippen molar-refractivity contribution in [2.45, 2.75) is 264 Å². The molecule has 66 heavy (non-hydrogen) atoms. The number of aliphatic hydroxyl groups excluding tert-OH is 2. The first-order valence-electron chi connectivity index (χ1n) is 27.5. The van der Waals surface area contributed by atoms with Gasteiger partial charge in [0, 0.05) is 6.42 Å². The second kappa shape index (κ2) is 52.7. The lowest BCUT2D eigenvalue weighted by atomic mass is 10.0. The number of hydrogen-bond donors (Lipinski definition) is 3. The molecule has 3 atom stereocenters. The Balaban J connectivity index is 4.75. The van der Waals surface area contributed by atoms with Gasteiger partial charge >= 0.3 is 5.97 Å². The molecular formula is C60H103NO5. The van der Waals surface area contributed by atoms with Crippen LogP contribution in [0.4, 0.5) is 0 Å². The zero-order valence-electron chi connectivity index (χ0n) is 43.0. The minimum absolute atomic E-state index is 0.0244. The summed E-state index contributed by atoms with van der Waals surface area (Å²) in [6.45, 7) is 6.32. The van der Waals surface area contributed by atoms with Gasteiger partial charge in [0.05, 0.1) is 25.2 Å². The number of allylic oxidation sites excluding steroid dienone is 16. The molecule has 6 heteroatoms. The fourth-order valence-electron chi connectivity index (χ4n) is 7.76. The van der Waals surface area contributed by atoms with Crippen LogP contribution in [0.25, 0.3) is 0 Å². The van der Waals surface area contributed by atoms with E-state index in [1.165, 1.54) is 89.9 Å². The molecule has 6 nitrogen and oxygen atoms in total. The van der Waals surface area contributed by atoms with Crippen molar-refractivity contribution in [1.29, 1.82) is 0 Å². The molecule has 0 spiro atoms. The van der Waals surface area contributed by atoms with E-state index in [0.717, 1.165) is 109 Å². The van der Waals surface area contributed by atoms with Crippen LogP contribution in [0.1, 0.15) is 245 Å². The first-order valence-corrected chi connectivity index (χ1v) is 27.5. The fraction of sp³-hybridized carbons (Fsp3) is 0.700. The highest BCUT2D eigenvalue weighted by molar-refractivity contribution is 5.77. The summed E-state index contributed by atoms with van der Waals surface area (Å²) in [6, 6.07) is -0.730. The molecule has 0 aromatic heterocycles. The molecule has 0 aliphatic rings. The van der Waals surface area contributed by atoms with Crippen molar-refractivity contribution in [3.05, 3.63) is 97.2 Å². The van der Waals surface area contributed by atoms with Crippen molar-refractivity contribution in [2.24, 2.45) is 0 Å². The zero-order chi connectivity index (χ0) is 48.1. The molecule has 0 fully saturated rings. The second-order valence-corrected chi connectivity index (χ2v) is 18.2. The number of carbonyl (C=O) groups is 2. The minimum atomic E-state index is -0.812. The van der Waals surface area contributed by atoms with E-state index in [9.17, 15) is 19.8 Å². The predicted octanol–water partition coefficient (Wildman–Crippen LogP) is 16.9. The van der Waals surface area contributed by atoms with E-state index in [1.807, 2.05) is 0 Å². The average molecular weight is 918 g/mol. The Morgan fingerprint density at radius 3 is 1.30 bits per heavy atom. The average Bonchev–Trinajstić information content (AvgIpc) is 3.31. The van der Waals surface area contributed by atoms with Crippen molar-refractivity contribution in [3.63, 3.8) is 0 Å². The third-order valence-corrected chi connectivity index (χ3v) is 11.9. The van der Waals surface area contributed by atoms with Gasteiger partial charge in [0.2, 0.25) is 5.91 Å². The normalized spacial score (nSPS) is 14.0. The largest absolute Gasteiger partial charge is 0.462 e. The number of esters is 1. The van der Waals surface area contributed by atoms with Gasteiger partial charge < -0.3 is 20.3 Å². The highest BCUT2D eigenvalue weighted by Crippen LogP contribution is 2.17. The molecule has 378 valence electrons. The maximum Gasteiger partial charge on any atom is 0.306 e.